The lowest BCUT2D eigenvalue weighted by atomic mass is 10.1. The summed E-state index contributed by atoms with van der Waals surface area (Å²) in [5, 5.41) is 3.77. The summed E-state index contributed by atoms with van der Waals surface area (Å²) in [6.07, 6.45) is 9.19. The SMILES string of the molecule is CSCCCN1CCCC(NC2CC2)C1. The van der Waals surface area contributed by atoms with Gasteiger partial charge in [-0.1, -0.05) is 0 Å². The van der Waals surface area contributed by atoms with E-state index in [0.717, 1.165) is 12.1 Å². The molecule has 88 valence electrons. The van der Waals surface area contributed by atoms with E-state index in [1.807, 2.05) is 11.8 Å². The van der Waals surface area contributed by atoms with Crippen molar-refractivity contribution in [1.29, 1.82) is 0 Å². The topological polar surface area (TPSA) is 15.3 Å². The molecule has 1 atom stereocenters. The average Bonchev–Trinajstić information content (AvgIpc) is 3.03. The van der Waals surface area contributed by atoms with Crippen LogP contribution in [0.5, 0.6) is 0 Å². The lowest BCUT2D eigenvalue weighted by Crippen LogP contribution is -2.46. The average molecular weight is 228 g/mol. The fourth-order valence-corrected chi connectivity index (χ4v) is 2.83. The van der Waals surface area contributed by atoms with Crippen molar-refractivity contribution in [2.24, 2.45) is 0 Å². The van der Waals surface area contributed by atoms with Crippen molar-refractivity contribution in [1.82, 2.24) is 10.2 Å². The largest absolute Gasteiger partial charge is 0.310 e. The van der Waals surface area contributed by atoms with E-state index in [2.05, 4.69) is 16.5 Å². The van der Waals surface area contributed by atoms with Crippen LogP contribution in [-0.2, 0) is 0 Å². The Hall–Kier alpha value is 0.270. The van der Waals surface area contributed by atoms with Crippen LogP contribution < -0.4 is 5.32 Å². The van der Waals surface area contributed by atoms with Gasteiger partial charge in [-0.3, -0.25) is 0 Å². The summed E-state index contributed by atoms with van der Waals surface area (Å²) < 4.78 is 0. The monoisotopic (exact) mass is 228 g/mol. The highest BCUT2D eigenvalue weighted by Gasteiger charge is 2.27. The van der Waals surface area contributed by atoms with E-state index < -0.39 is 0 Å². The molecule has 2 aliphatic rings. The number of hydrogen-bond donors (Lipinski definition) is 1. The van der Waals surface area contributed by atoms with Crippen molar-refractivity contribution in [3.8, 4) is 0 Å². The van der Waals surface area contributed by atoms with Gasteiger partial charge in [0.25, 0.3) is 0 Å². The third kappa shape index (κ3) is 4.33. The first kappa shape index (κ1) is 11.7. The zero-order chi connectivity index (χ0) is 10.5. The van der Waals surface area contributed by atoms with Crippen molar-refractivity contribution in [2.45, 2.75) is 44.2 Å². The van der Waals surface area contributed by atoms with Gasteiger partial charge < -0.3 is 10.2 Å². The fourth-order valence-electron chi connectivity index (χ4n) is 2.41. The molecule has 1 aliphatic heterocycles. The molecule has 0 amide bonds. The molecule has 0 spiro atoms. The second-order valence-corrected chi connectivity index (χ2v) is 5.91. The highest BCUT2D eigenvalue weighted by atomic mass is 32.2. The highest BCUT2D eigenvalue weighted by molar-refractivity contribution is 7.98. The second-order valence-electron chi connectivity index (χ2n) is 4.93. The summed E-state index contributed by atoms with van der Waals surface area (Å²) >= 11 is 1.97. The first-order chi connectivity index (χ1) is 7.38. The molecule has 2 fully saturated rings. The van der Waals surface area contributed by atoms with Gasteiger partial charge in [0.05, 0.1) is 0 Å². The third-order valence-corrected chi connectivity index (χ3v) is 4.07. The Kier molecular flexibility index (Phi) is 4.79. The van der Waals surface area contributed by atoms with Gasteiger partial charge in [0, 0.05) is 18.6 Å². The van der Waals surface area contributed by atoms with Gasteiger partial charge >= 0.3 is 0 Å². The van der Waals surface area contributed by atoms with E-state index in [-0.39, 0.29) is 0 Å². The van der Waals surface area contributed by atoms with Crippen LogP contribution in [0.15, 0.2) is 0 Å². The summed E-state index contributed by atoms with van der Waals surface area (Å²) in [5.41, 5.74) is 0. The van der Waals surface area contributed by atoms with Crippen LogP contribution in [0.4, 0.5) is 0 Å². The van der Waals surface area contributed by atoms with E-state index >= 15 is 0 Å². The van der Waals surface area contributed by atoms with Crippen LogP contribution in [0.25, 0.3) is 0 Å². The summed E-state index contributed by atoms with van der Waals surface area (Å²) in [6.45, 7) is 3.94. The molecule has 1 unspecified atom stereocenters. The van der Waals surface area contributed by atoms with E-state index in [1.165, 1.54) is 57.5 Å². The minimum atomic E-state index is 0.792. The van der Waals surface area contributed by atoms with Crippen LogP contribution >= 0.6 is 11.8 Å². The molecule has 0 bridgehead atoms. The quantitative estimate of drug-likeness (QED) is 0.700. The maximum Gasteiger partial charge on any atom is 0.0198 e. The number of likely N-dealkylation sites (tertiary alicyclic amines) is 1. The third-order valence-electron chi connectivity index (χ3n) is 3.38. The molecule has 3 heteroatoms. The second kappa shape index (κ2) is 6.12. The molecule has 0 aromatic carbocycles. The predicted octanol–water partition coefficient (Wildman–Crippen LogP) is 1.96. The first-order valence-corrected chi connectivity index (χ1v) is 7.75. The van der Waals surface area contributed by atoms with Crippen LogP contribution in [0.3, 0.4) is 0 Å². The Balaban J connectivity index is 1.62. The van der Waals surface area contributed by atoms with Gasteiger partial charge in [-0.25, -0.2) is 0 Å². The maximum absolute atomic E-state index is 3.77. The molecule has 1 aliphatic carbocycles. The minimum Gasteiger partial charge on any atom is -0.310 e. The highest BCUT2D eigenvalue weighted by Crippen LogP contribution is 2.22. The predicted molar refractivity (Wildman–Crippen MR) is 68.6 cm³/mol. The zero-order valence-electron chi connectivity index (χ0n) is 9.87. The summed E-state index contributed by atoms with van der Waals surface area (Å²) in [5.74, 6) is 1.32. The molecule has 2 rings (SSSR count). The normalized spacial score (nSPS) is 28.2. The Morgan fingerprint density at radius 1 is 1.27 bits per heavy atom. The van der Waals surface area contributed by atoms with Crippen LogP contribution in [0.1, 0.15) is 32.1 Å². The Morgan fingerprint density at radius 3 is 2.87 bits per heavy atom. The van der Waals surface area contributed by atoms with Crippen molar-refractivity contribution in [3.05, 3.63) is 0 Å². The number of hydrogen-bond acceptors (Lipinski definition) is 3. The summed E-state index contributed by atoms with van der Waals surface area (Å²) in [6, 6.07) is 1.67. The van der Waals surface area contributed by atoms with E-state index in [4.69, 9.17) is 0 Å². The fraction of sp³-hybridized carbons (Fsp3) is 1.00. The minimum absolute atomic E-state index is 0.792. The zero-order valence-corrected chi connectivity index (χ0v) is 10.7. The Bertz CT molecular complexity index is 182. The van der Waals surface area contributed by atoms with Crippen LogP contribution in [0, 0.1) is 0 Å². The van der Waals surface area contributed by atoms with E-state index in [1.54, 1.807) is 0 Å². The number of piperidine rings is 1. The Labute approximate surface area is 98.2 Å². The smallest absolute Gasteiger partial charge is 0.0198 e. The molecule has 0 aromatic rings. The number of nitrogens with zero attached hydrogens (tertiary/aromatic N) is 1. The van der Waals surface area contributed by atoms with Crippen molar-refractivity contribution in [3.63, 3.8) is 0 Å². The van der Waals surface area contributed by atoms with Crippen molar-refractivity contribution < 1.29 is 0 Å². The number of nitrogens with one attached hydrogen (secondary N) is 1. The van der Waals surface area contributed by atoms with Gasteiger partial charge in [0.2, 0.25) is 0 Å². The maximum atomic E-state index is 3.77. The lowest BCUT2D eigenvalue weighted by Gasteiger charge is -2.33. The van der Waals surface area contributed by atoms with Crippen molar-refractivity contribution in [2.75, 3.05) is 31.6 Å². The van der Waals surface area contributed by atoms with Crippen molar-refractivity contribution >= 4 is 11.8 Å². The molecule has 1 N–H and O–H groups in total. The molecule has 1 heterocycles. The molecule has 2 nitrogen and oxygen atoms in total. The molecule has 1 saturated heterocycles. The molecular formula is C12H24N2S. The summed E-state index contributed by atoms with van der Waals surface area (Å²) in [7, 11) is 0. The van der Waals surface area contributed by atoms with Gasteiger partial charge in [-0.05, 0) is 57.2 Å². The van der Waals surface area contributed by atoms with E-state index in [9.17, 15) is 0 Å². The standard InChI is InChI=1S/C12H24N2S/c1-15-9-3-8-14-7-2-4-12(10-14)13-11-5-6-11/h11-13H,2-10H2,1H3. The Morgan fingerprint density at radius 2 is 2.13 bits per heavy atom. The molecule has 0 radical (unpaired) electrons. The molecule has 0 aromatic heterocycles. The lowest BCUT2D eigenvalue weighted by molar-refractivity contribution is 0.190. The van der Waals surface area contributed by atoms with Crippen LogP contribution in [-0.4, -0.2) is 48.6 Å². The summed E-state index contributed by atoms with van der Waals surface area (Å²) in [4.78, 5) is 2.65. The number of rotatable bonds is 6. The number of thioether (sulfide) groups is 1. The molecule has 1 saturated carbocycles. The molecule has 15 heavy (non-hydrogen) atoms. The molecular weight excluding hydrogens is 204 g/mol. The van der Waals surface area contributed by atoms with Gasteiger partial charge in [-0.2, -0.15) is 11.8 Å². The first-order valence-electron chi connectivity index (χ1n) is 6.36. The van der Waals surface area contributed by atoms with Gasteiger partial charge in [-0.15, -0.1) is 0 Å². The van der Waals surface area contributed by atoms with Crippen LogP contribution in [0.2, 0.25) is 0 Å². The van der Waals surface area contributed by atoms with Gasteiger partial charge in [0.15, 0.2) is 0 Å². The van der Waals surface area contributed by atoms with Gasteiger partial charge in [0.1, 0.15) is 0 Å². The van der Waals surface area contributed by atoms with E-state index in [0.29, 0.717) is 0 Å².